The zero-order valence-electron chi connectivity index (χ0n) is 13.2. The van der Waals surface area contributed by atoms with E-state index in [1.165, 1.54) is 16.9 Å². The van der Waals surface area contributed by atoms with Gasteiger partial charge in [0.2, 0.25) is 0 Å². The molecule has 0 aromatic heterocycles. The smallest absolute Gasteiger partial charge is 0.0413 e. The zero-order valence-corrected chi connectivity index (χ0v) is 13.2. The van der Waals surface area contributed by atoms with E-state index < -0.39 is 0 Å². The van der Waals surface area contributed by atoms with Crippen LogP contribution in [0.3, 0.4) is 0 Å². The highest BCUT2D eigenvalue weighted by Gasteiger charge is 2.06. The lowest BCUT2D eigenvalue weighted by Crippen LogP contribution is -2.16. The highest BCUT2D eigenvalue weighted by atomic mass is 15.1. The third-order valence-corrected chi connectivity index (χ3v) is 3.79. The first kappa shape index (κ1) is 15.1. The molecule has 1 nitrogen and oxygen atoms in total. The number of nitrogens with zero attached hydrogens (tertiary/aromatic N) is 1. The van der Waals surface area contributed by atoms with Gasteiger partial charge in [-0.1, -0.05) is 78.9 Å². The average Bonchev–Trinajstić information content (AvgIpc) is 2.64. The van der Waals surface area contributed by atoms with Crippen LogP contribution in [0.25, 0.3) is 0 Å². The number of rotatable bonds is 6. The van der Waals surface area contributed by atoms with Gasteiger partial charge in [0, 0.05) is 17.9 Å². The van der Waals surface area contributed by atoms with E-state index in [0.717, 1.165) is 13.0 Å². The van der Waals surface area contributed by atoms with Gasteiger partial charge in [0.25, 0.3) is 0 Å². The summed E-state index contributed by atoms with van der Waals surface area (Å²) in [6, 6.07) is 31.6. The Morgan fingerprint density at radius 3 is 1.57 bits per heavy atom. The van der Waals surface area contributed by atoms with E-state index in [4.69, 9.17) is 0 Å². The molecule has 3 aromatic rings. The topological polar surface area (TPSA) is 3.24 Å². The minimum absolute atomic E-state index is 0.862. The monoisotopic (exact) mass is 299 g/mol. The van der Waals surface area contributed by atoms with Crippen molar-refractivity contribution in [3.63, 3.8) is 0 Å². The Labute approximate surface area is 138 Å². The van der Waals surface area contributed by atoms with Crippen LogP contribution in [0.2, 0.25) is 0 Å². The molecule has 3 rings (SSSR count). The Kier molecular flexibility index (Phi) is 5.25. The van der Waals surface area contributed by atoms with Crippen LogP contribution < -0.4 is 4.90 Å². The van der Waals surface area contributed by atoms with Gasteiger partial charge in [0.15, 0.2) is 0 Å². The fourth-order valence-corrected chi connectivity index (χ4v) is 2.59. The maximum Gasteiger partial charge on any atom is 0.0413 e. The summed E-state index contributed by atoms with van der Waals surface area (Å²) in [4.78, 5) is 2.32. The van der Waals surface area contributed by atoms with Gasteiger partial charge in [0.1, 0.15) is 0 Å². The van der Waals surface area contributed by atoms with Crippen molar-refractivity contribution in [2.75, 3.05) is 11.4 Å². The molecule has 0 fully saturated rings. The number of anilines is 2. The summed E-state index contributed by atoms with van der Waals surface area (Å²) in [6.07, 6.45) is 5.46. The van der Waals surface area contributed by atoms with Gasteiger partial charge in [-0.15, -0.1) is 0 Å². The number of hydrogen-bond acceptors (Lipinski definition) is 1. The van der Waals surface area contributed by atoms with E-state index in [9.17, 15) is 0 Å². The van der Waals surface area contributed by atoms with Crippen LogP contribution in [-0.2, 0) is 6.42 Å². The predicted octanol–water partition coefficient (Wildman–Crippen LogP) is 5.62. The van der Waals surface area contributed by atoms with Crippen LogP contribution >= 0.6 is 0 Å². The molecule has 3 aromatic carbocycles. The van der Waals surface area contributed by atoms with E-state index in [-0.39, 0.29) is 0 Å². The molecule has 0 aliphatic rings. The molecule has 0 aliphatic carbocycles. The van der Waals surface area contributed by atoms with Gasteiger partial charge in [-0.25, -0.2) is 0 Å². The summed E-state index contributed by atoms with van der Waals surface area (Å²) in [6.45, 7) is 0.862. The Balaban J connectivity index is 1.72. The summed E-state index contributed by atoms with van der Waals surface area (Å²) in [5, 5.41) is 0. The summed E-state index contributed by atoms with van der Waals surface area (Å²) < 4.78 is 0. The molecule has 0 saturated heterocycles. The van der Waals surface area contributed by atoms with Crippen molar-refractivity contribution in [1.82, 2.24) is 0 Å². The molecule has 23 heavy (non-hydrogen) atoms. The number of benzene rings is 3. The zero-order chi connectivity index (χ0) is 15.7. The van der Waals surface area contributed by atoms with Gasteiger partial charge >= 0.3 is 0 Å². The second-order valence-electron chi connectivity index (χ2n) is 5.44. The van der Waals surface area contributed by atoms with Crippen LogP contribution in [0.1, 0.15) is 5.56 Å². The lowest BCUT2D eigenvalue weighted by Gasteiger charge is -2.23. The van der Waals surface area contributed by atoms with Crippen molar-refractivity contribution < 1.29 is 0 Å². The Morgan fingerprint density at radius 1 is 0.565 bits per heavy atom. The largest absolute Gasteiger partial charge is 0.338 e. The Bertz CT molecular complexity index is 678. The summed E-state index contributed by atoms with van der Waals surface area (Å²) in [7, 11) is 0. The normalized spacial score (nSPS) is 10.8. The molecule has 0 N–H and O–H groups in total. The molecule has 0 spiro atoms. The van der Waals surface area contributed by atoms with E-state index >= 15 is 0 Å². The van der Waals surface area contributed by atoms with Gasteiger partial charge in [0.05, 0.1) is 0 Å². The van der Waals surface area contributed by atoms with Crippen LogP contribution in [0.4, 0.5) is 11.4 Å². The van der Waals surface area contributed by atoms with Gasteiger partial charge in [-0.05, 0) is 36.2 Å². The molecule has 0 radical (unpaired) electrons. The van der Waals surface area contributed by atoms with E-state index in [1.54, 1.807) is 0 Å². The van der Waals surface area contributed by atoms with Crippen LogP contribution in [0.5, 0.6) is 0 Å². The molecule has 0 aliphatic heterocycles. The molecule has 0 atom stereocenters. The van der Waals surface area contributed by atoms with Crippen LogP contribution in [0.15, 0.2) is 103 Å². The van der Waals surface area contributed by atoms with E-state index in [2.05, 4.69) is 108 Å². The summed E-state index contributed by atoms with van der Waals surface area (Å²) in [5.41, 5.74) is 3.76. The molecule has 0 saturated carbocycles. The van der Waals surface area contributed by atoms with Crippen molar-refractivity contribution in [3.8, 4) is 0 Å². The molecule has 0 bridgehead atoms. The standard InChI is InChI=1S/C22H21N/c1-4-12-20(13-5-1)14-10-11-19-23(21-15-6-2-7-16-21)22-17-8-3-9-18-22/h1-13,15-18H,14,19H2/b11-10+. The maximum atomic E-state index is 2.32. The van der Waals surface area contributed by atoms with Crippen molar-refractivity contribution >= 4 is 11.4 Å². The quantitative estimate of drug-likeness (QED) is 0.534. The minimum atomic E-state index is 0.862. The first-order valence-corrected chi connectivity index (χ1v) is 8.00. The highest BCUT2D eigenvalue weighted by Crippen LogP contribution is 2.24. The highest BCUT2D eigenvalue weighted by molar-refractivity contribution is 5.63. The van der Waals surface area contributed by atoms with Crippen molar-refractivity contribution in [1.29, 1.82) is 0 Å². The first-order valence-electron chi connectivity index (χ1n) is 8.00. The van der Waals surface area contributed by atoms with Crippen molar-refractivity contribution in [2.45, 2.75) is 6.42 Å². The molecule has 1 heteroatoms. The number of allylic oxidation sites excluding steroid dienone is 1. The molecule has 0 heterocycles. The fraction of sp³-hybridized carbons (Fsp3) is 0.0909. The summed E-state index contributed by atoms with van der Waals surface area (Å²) >= 11 is 0. The fourth-order valence-electron chi connectivity index (χ4n) is 2.59. The van der Waals surface area contributed by atoms with Gasteiger partial charge in [-0.2, -0.15) is 0 Å². The van der Waals surface area contributed by atoms with Crippen molar-refractivity contribution in [2.24, 2.45) is 0 Å². The number of para-hydroxylation sites is 2. The second-order valence-corrected chi connectivity index (χ2v) is 5.44. The Hall–Kier alpha value is -2.80. The van der Waals surface area contributed by atoms with E-state index in [1.807, 2.05) is 0 Å². The van der Waals surface area contributed by atoms with E-state index in [0.29, 0.717) is 0 Å². The number of hydrogen-bond donors (Lipinski definition) is 0. The van der Waals surface area contributed by atoms with Crippen LogP contribution in [-0.4, -0.2) is 6.54 Å². The van der Waals surface area contributed by atoms with Gasteiger partial charge < -0.3 is 4.90 Å². The van der Waals surface area contributed by atoms with Gasteiger partial charge in [-0.3, -0.25) is 0 Å². The summed E-state index contributed by atoms with van der Waals surface area (Å²) in [5.74, 6) is 0. The SMILES string of the molecule is C(=C\CN(c1ccccc1)c1ccccc1)/Cc1ccccc1. The predicted molar refractivity (Wildman–Crippen MR) is 99.2 cm³/mol. The molecule has 114 valence electrons. The first-order chi connectivity index (χ1) is 11.4. The second kappa shape index (κ2) is 8.00. The van der Waals surface area contributed by atoms with Crippen LogP contribution in [0, 0.1) is 0 Å². The molecule has 0 unspecified atom stereocenters. The molecule has 0 amide bonds. The lowest BCUT2D eigenvalue weighted by molar-refractivity contribution is 1.09. The third kappa shape index (κ3) is 4.33. The van der Waals surface area contributed by atoms with Crippen molar-refractivity contribution in [3.05, 3.63) is 109 Å². The molecular formula is C22H21N. The molecular weight excluding hydrogens is 278 g/mol. The average molecular weight is 299 g/mol. The third-order valence-electron chi connectivity index (χ3n) is 3.79. The lowest BCUT2D eigenvalue weighted by atomic mass is 10.1. The maximum absolute atomic E-state index is 2.32. The minimum Gasteiger partial charge on any atom is -0.338 e. The Morgan fingerprint density at radius 2 is 1.04 bits per heavy atom.